The second kappa shape index (κ2) is 9.18. The highest BCUT2D eigenvalue weighted by molar-refractivity contribution is 7.80. The van der Waals surface area contributed by atoms with E-state index in [0.717, 1.165) is 16.9 Å². The SMILES string of the molecule is COc1ccc(CNC(=S)N(Cc2ccccc2)C(=O)C(C)C)cc1. The van der Waals surface area contributed by atoms with Crippen LogP contribution in [0.25, 0.3) is 0 Å². The summed E-state index contributed by atoms with van der Waals surface area (Å²) in [7, 11) is 1.64. The van der Waals surface area contributed by atoms with Gasteiger partial charge in [0.15, 0.2) is 5.11 Å². The first kappa shape index (κ1) is 18.9. The molecular weight excluding hydrogens is 332 g/mol. The maximum atomic E-state index is 12.6. The first-order valence-corrected chi connectivity index (χ1v) is 8.68. The Morgan fingerprint density at radius 1 is 1.08 bits per heavy atom. The molecule has 0 aliphatic carbocycles. The summed E-state index contributed by atoms with van der Waals surface area (Å²) in [5.41, 5.74) is 2.12. The summed E-state index contributed by atoms with van der Waals surface area (Å²) in [6.07, 6.45) is 0. The smallest absolute Gasteiger partial charge is 0.231 e. The Balaban J connectivity index is 2.04. The number of amides is 1. The van der Waals surface area contributed by atoms with Gasteiger partial charge in [0.25, 0.3) is 0 Å². The monoisotopic (exact) mass is 356 g/mol. The largest absolute Gasteiger partial charge is 0.497 e. The van der Waals surface area contributed by atoms with Crippen molar-refractivity contribution >= 4 is 23.2 Å². The zero-order chi connectivity index (χ0) is 18.2. The van der Waals surface area contributed by atoms with Crippen LogP contribution >= 0.6 is 12.2 Å². The van der Waals surface area contributed by atoms with Crippen molar-refractivity contribution in [2.75, 3.05) is 7.11 Å². The lowest BCUT2D eigenvalue weighted by atomic mass is 10.1. The van der Waals surface area contributed by atoms with Gasteiger partial charge in [0, 0.05) is 12.5 Å². The van der Waals surface area contributed by atoms with Crippen LogP contribution in [0.2, 0.25) is 0 Å². The second-order valence-corrected chi connectivity index (χ2v) is 6.46. The lowest BCUT2D eigenvalue weighted by Gasteiger charge is -2.26. The van der Waals surface area contributed by atoms with Crippen LogP contribution < -0.4 is 10.1 Å². The van der Waals surface area contributed by atoms with E-state index in [0.29, 0.717) is 18.2 Å². The van der Waals surface area contributed by atoms with E-state index in [1.165, 1.54) is 0 Å². The number of ether oxygens (including phenoxy) is 1. The number of carbonyl (C=O) groups is 1. The average molecular weight is 356 g/mol. The number of thiocarbonyl (C=S) groups is 1. The molecule has 1 N–H and O–H groups in total. The van der Waals surface area contributed by atoms with Gasteiger partial charge in [0.1, 0.15) is 5.75 Å². The van der Waals surface area contributed by atoms with Crippen molar-refractivity contribution in [2.45, 2.75) is 26.9 Å². The van der Waals surface area contributed by atoms with E-state index < -0.39 is 0 Å². The van der Waals surface area contributed by atoms with E-state index >= 15 is 0 Å². The quantitative estimate of drug-likeness (QED) is 0.801. The molecule has 0 atom stereocenters. The molecule has 2 aromatic carbocycles. The molecule has 5 heteroatoms. The normalized spacial score (nSPS) is 10.4. The van der Waals surface area contributed by atoms with Crippen LogP contribution in [0, 0.1) is 5.92 Å². The molecule has 0 aliphatic heterocycles. The minimum atomic E-state index is -0.121. The number of hydrogen-bond donors (Lipinski definition) is 1. The van der Waals surface area contributed by atoms with E-state index in [9.17, 15) is 4.79 Å². The Kier molecular flexibility index (Phi) is 6.95. The van der Waals surface area contributed by atoms with Gasteiger partial charge in [0.05, 0.1) is 13.7 Å². The number of carbonyl (C=O) groups excluding carboxylic acids is 1. The van der Waals surface area contributed by atoms with Crippen LogP contribution in [0.4, 0.5) is 0 Å². The molecule has 2 aromatic rings. The van der Waals surface area contributed by atoms with Crippen molar-refractivity contribution in [3.8, 4) is 5.75 Å². The Morgan fingerprint density at radius 2 is 1.72 bits per heavy atom. The summed E-state index contributed by atoms with van der Waals surface area (Å²) in [4.78, 5) is 14.2. The van der Waals surface area contributed by atoms with Gasteiger partial charge < -0.3 is 10.1 Å². The molecule has 0 radical (unpaired) electrons. The highest BCUT2D eigenvalue weighted by Crippen LogP contribution is 2.12. The van der Waals surface area contributed by atoms with Crippen molar-refractivity contribution in [3.63, 3.8) is 0 Å². The van der Waals surface area contributed by atoms with Crippen molar-refractivity contribution < 1.29 is 9.53 Å². The van der Waals surface area contributed by atoms with Crippen LogP contribution in [-0.2, 0) is 17.9 Å². The topological polar surface area (TPSA) is 41.6 Å². The maximum Gasteiger partial charge on any atom is 0.231 e. The molecule has 132 valence electrons. The predicted molar refractivity (Wildman–Crippen MR) is 104 cm³/mol. The van der Waals surface area contributed by atoms with Crippen LogP contribution in [-0.4, -0.2) is 23.0 Å². The third-order valence-corrected chi connectivity index (χ3v) is 4.16. The summed E-state index contributed by atoms with van der Waals surface area (Å²) >= 11 is 5.49. The Bertz CT molecular complexity index is 699. The zero-order valence-corrected chi connectivity index (χ0v) is 15.7. The van der Waals surface area contributed by atoms with Gasteiger partial charge in [-0.05, 0) is 35.5 Å². The lowest BCUT2D eigenvalue weighted by molar-refractivity contribution is -0.131. The fraction of sp³-hybridized carbons (Fsp3) is 0.300. The van der Waals surface area contributed by atoms with E-state index in [1.54, 1.807) is 12.0 Å². The highest BCUT2D eigenvalue weighted by Gasteiger charge is 2.21. The molecule has 0 heterocycles. The van der Waals surface area contributed by atoms with Crippen molar-refractivity contribution in [1.29, 1.82) is 0 Å². The molecule has 2 rings (SSSR count). The predicted octanol–water partition coefficient (Wildman–Crippen LogP) is 3.75. The van der Waals surface area contributed by atoms with Gasteiger partial charge in [-0.3, -0.25) is 9.69 Å². The fourth-order valence-corrected chi connectivity index (χ4v) is 2.57. The molecule has 0 aromatic heterocycles. The van der Waals surface area contributed by atoms with Crippen molar-refractivity contribution in [3.05, 3.63) is 65.7 Å². The number of nitrogens with one attached hydrogen (secondary N) is 1. The summed E-state index contributed by atoms with van der Waals surface area (Å²) in [5, 5.41) is 3.63. The van der Waals surface area contributed by atoms with Gasteiger partial charge in [-0.25, -0.2) is 0 Å². The molecule has 0 unspecified atom stereocenters. The first-order valence-electron chi connectivity index (χ1n) is 8.27. The summed E-state index contributed by atoms with van der Waals surface area (Å²) in [5.74, 6) is 0.701. The van der Waals surface area contributed by atoms with Gasteiger partial charge >= 0.3 is 0 Å². The molecule has 0 aliphatic rings. The van der Waals surface area contributed by atoms with Crippen LogP contribution in [0.5, 0.6) is 5.75 Å². The first-order chi connectivity index (χ1) is 12.0. The minimum absolute atomic E-state index is 0.0103. The third kappa shape index (κ3) is 5.57. The Labute approximate surface area is 154 Å². The van der Waals surface area contributed by atoms with E-state index in [2.05, 4.69) is 5.32 Å². The Morgan fingerprint density at radius 3 is 2.28 bits per heavy atom. The van der Waals surface area contributed by atoms with Crippen molar-refractivity contribution in [1.82, 2.24) is 10.2 Å². The molecule has 25 heavy (non-hydrogen) atoms. The molecule has 0 bridgehead atoms. The molecule has 0 saturated carbocycles. The lowest BCUT2D eigenvalue weighted by Crippen LogP contribution is -2.44. The van der Waals surface area contributed by atoms with Crippen LogP contribution in [0.15, 0.2) is 54.6 Å². The van der Waals surface area contributed by atoms with Gasteiger partial charge in [-0.15, -0.1) is 0 Å². The number of rotatable bonds is 6. The van der Waals surface area contributed by atoms with E-state index in [4.69, 9.17) is 17.0 Å². The number of nitrogens with zero attached hydrogens (tertiary/aromatic N) is 1. The van der Waals surface area contributed by atoms with E-state index in [1.807, 2.05) is 68.4 Å². The second-order valence-electron chi connectivity index (χ2n) is 6.07. The standard InChI is InChI=1S/C20H24N2O2S/c1-15(2)19(23)22(14-17-7-5-4-6-8-17)20(25)21-13-16-9-11-18(24-3)12-10-16/h4-12,15H,13-14H2,1-3H3,(H,21,25). The van der Waals surface area contributed by atoms with E-state index in [-0.39, 0.29) is 11.8 Å². The highest BCUT2D eigenvalue weighted by atomic mass is 32.1. The molecular formula is C20H24N2O2S. The molecule has 1 amide bonds. The third-order valence-electron chi connectivity index (χ3n) is 3.79. The average Bonchev–Trinajstić information content (AvgIpc) is 2.64. The van der Waals surface area contributed by atoms with Gasteiger partial charge in [-0.1, -0.05) is 56.3 Å². The summed E-state index contributed by atoms with van der Waals surface area (Å²) < 4.78 is 5.16. The number of benzene rings is 2. The fourth-order valence-electron chi connectivity index (χ4n) is 2.34. The zero-order valence-electron chi connectivity index (χ0n) is 14.9. The molecule has 0 fully saturated rings. The molecule has 4 nitrogen and oxygen atoms in total. The number of methoxy groups -OCH3 is 1. The van der Waals surface area contributed by atoms with Crippen LogP contribution in [0.3, 0.4) is 0 Å². The van der Waals surface area contributed by atoms with Crippen LogP contribution in [0.1, 0.15) is 25.0 Å². The van der Waals surface area contributed by atoms with Crippen molar-refractivity contribution in [2.24, 2.45) is 5.92 Å². The molecule has 0 saturated heterocycles. The summed E-state index contributed by atoms with van der Waals surface area (Å²) in [6, 6.07) is 17.6. The maximum absolute atomic E-state index is 12.6. The number of hydrogen-bond acceptors (Lipinski definition) is 3. The minimum Gasteiger partial charge on any atom is -0.497 e. The van der Waals surface area contributed by atoms with Gasteiger partial charge in [0.2, 0.25) is 5.91 Å². The summed E-state index contributed by atoms with van der Waals surface area (Å²) in [6.45, 7) is 4.78. The Hall–Kier alpha value is -2.40. The molecule has 0 spiro atoms. The van der Waals surface area contributed by atoms with Gasteiger partial charge in [-0.2, -0.15) is 0 Å².